The van der Waals surface area contributed by atoms with Gasteiger partial charge in [0, 0.05) is 5.92 Å². The van der Waals surface area contributed by atoms with Crippen molar-refractivity contribution in [3.8, 4) is 0 Å². The molecule has 0 spiro atoms. The number of Topliss-reactive ketones (excluding diaryl/α,β-unsaturated/α-hetero) is 1. The number of likely N-dealkylation sites (tertiary alicyclic amines) is 1. The lowest BCUT2D eigenvalue weighted by atomic mass is 9.83. The molecule has 2 fully saturated rings. The van der Waals surface area contributed by atoms with Crippen LogP contribution in [0.5, 0.6) is 0 Å². The minimum absolute atomic E-state index is 0.217. The lowest BCUT2D eigenvalue weighted by Crippen LogP contribution is -2.51. The summed E-state index contributed by atoms with van der Waals surface area (Å²) in [5, 5.41) is 0. The molecule has 0 atom stereocenters. The van der Waals surface area contributed by atoms with Crippen LogP contribution in [-0.4, -0.2) is 29.3 Å². The molecule has 1 saturated heterocycles. The van der Waals surface area contributed by atoms with Crippen LogP contribution in [0.2, 0.25) is 0 Å². The van der Waals surface area contributed by atoms with Crippen molar-refractivity contribution < 1.29 is 4.79 Å². The van der Waals surface area contributed by atoms with Crippen LogP contribution in [0, 0.1) is 5.92 Å². The van der Waals surface area contributed by atoms with Gasteiger partial charge in [-0.3, -0.25) is 9.69 Å². The first-order chi connectivity index (χ1) is 8.12. The molecule has 1 heterocycles. The maximum Gasteiger partial charge on any atom is 0.155 e. The highest BCUT2D eigenvalue weighted by molar-refractivity contribution is 5.89. The summed E-state index contributed by atoms with van der Waals surface area (Å²) < 4.78 is 0. The average molecular weight is 237 g/mol. The SMILES string of the molecule is CC(C)(C(=O)C1CCCCCC1)N1CCCC1. The van der Waals surface area contributed by atoms with Crippen LogP contribution in [-0.2, 0) is 4.79 Å². The molecule has 2 nitrogen and oxygen atoms in total. The molecule has 1 saturated carbocycles. The molecule has 0 unspecified atom stereocenters. The van der Waals surface area contributed by atoms with Gasteiger partial charge in [0.05, 0.1) is 5.54 Å². The van der Waals surface area contributed by atoms with Crippen molar-refractivity contribution in [3.63, 3.8) is 0 Å². The Morgan fingerprint density at radius 1 is 0.941 bits per heavy atom. The number of hydrogen-bond donors (Lipinski definition) is 0. The second kappa shape index (κ2) is 5.51. The minimum Gasteiger partial charge on any atom is -0.297 e. The highest BCUT2D eigenvalue weighted by atomic mass is 16.1. The van der Waals surface area contributed by atoms with Crippen molar-refractivity contribution in [2.45, 2.75) is 70.8 Å². The van der Waals surface area contributed by atoms with Crippen LogP contribution >= 0.6 is 0 Å². The van der Waals surface area contributed by atoms with E-state index in [4.69, 9.17) is 0 Å². The van der Waals surface area contributed by atoms with Crippen molar-refractivity contribution in [2.24, 2.45) is 5.92 Å². The van der Waals surface area contributed by atoms with Crippen molar-refractivity contribution in [3.05, 3.63) is 0 Å². The maximum absolute atomic E-state index is 12.7. The molecule has 1 aliphatic carbocycles. The van der Waals surface area contributed by atoms with Gasteiger partial charge in [-0.05, 0) is 52.6 Å². The van der Waals surface area contributed by atoms with E-state index in [0.717, 1.165) is 25.9 Å². The molecule has 0 aromatic carbocycles. The molecule has 98 valence electrons. The third-order valence-electron chi connectivity index (χ3n) is 4.73. The molecule has 0 aromatic heterocycles. The lowest BCUT2D eigenvalue weighted by Gasteiger charge is -2.36. The largest absolute Gasteiger partial charge is 0.297 e. The van der Waals surface area contributed by atoms with Gasteiger partial charge in [0.15, 0.2) is 5.78 Å². The van der Waals surface area contributed by atoms with E-state index in [-0.39, 0.29) is 5.54 Å². The summed E-state index contributed by atoms with van der Waals surface area (Å²) in [6, 6.07) is 0. The zero-order valence-corrected chi connectivity index (χ0v) is 11.5. The summed E-state index contributed by atoms with van der Waals surface area (Å²) in [5.41, 5.74) is -0.217. The molecule has 2 heteroatoms. The molecule has 0 bridgehead atoms. The fourth-order valence-corrected chi connectivity index (χ4v) is 3.47. The van der Waals surface area contributed by atoms with Gasteiger partial charge in [-0.1, -0.05) is 25.7 Å². The fraction of sp³-hybridized carbons (Fsp3) is 0.933. The summed E-state index contributed by atoms with van der Waals surface area (Å²) >= 11 is 0. The Balaban J connectivity index is 2.00. The van der Waals surface area contributed by atoms with E-state index in [1.807, 2.05) is 0 Å². The van der Waals surface area contributed by atoms with Crippen LogP contribution in [0.15, 0.2) is 0 Å². The lowest BCUT2D eigenvalue weighted by molar-refractivity contribution is -0.133. The topological polar surface area (TPSA) is 20.3 Å². The third-order valence-corrected chi connectivity index (χ3v) is 4.73. The third kappa shape index (κ3) is 2.90. The van der Waals surface area contributed by atoms with Gasteiger partial charge >= 0.3 is 0 Å². The van der Waals surface area contributed by atoms with Gasteiger partial charge in [0.2, 0.25) is 0 Å². The van der Waals surface area contributed by atoms with Crippen molar-refractivity contribution in [2.75, 3.05) is 13.1 Å². The predicted octanol–water partition coefficient (Wildman–Crippen LogP) is 3.40. The molecule has 2 aliphatic rings. The number of carbonyl (C=O) groups is 1. The van der Waals surface area contributed by atoms with Crippen LogP contribution in [0.25, 0.3) is 0 Å². The van der Waals surface area contributed by atoms with E-state index in [9.17, 15) is 4.79 Å². The van der Waals surface area contributed by atoms with E-state index < -0.39 is 0 Å². The number of ketones is 1. The van der Waals surface area contributed by atoms with Gasteiger partial charge in [-0.2, -0.15) is 0 Å². The standard InChI is InChI=1S/C15H27NO/c1-15(2,16-11-7-8-12-16)14(17)13-9-5-3-4-6-10-13/h13H,3-12H2,1-2H3. The normalized spacial score (nSPS) is 24.8. The van der Waals surface area contributed by atoms with Gasteiger partial charge in [-0.15, -0.1) is 0 Å². The second-order valence-electron chi connectivity index (χ2n) is 6.31. The summed E-state index contributed by atoms with van der Waals surface area (Å²) in [7, 11) is 0. The van der Waals surface area contributed by atoms with Crippen LogP contribution < -0.4 is 0 Å². The number of rotatable bonds is 3. The summed E-state index contributed by atoms with van der Waals surface area (Å²) in [4.78, 5) is 15.1. The zero-order valence-electron chi connectivity index (χ0n) is 11.5. The van der Waals surface area contributed by atoms with E-state index in [1.54, 1.807) is 0 Å². The Bertz CT molecular complexity index is 258. The molecule has 0 amide bonds. The summed E-state index contributed by atoms with van der Waals surface area (Å²) in [5.74, 6) is 0.856. The summed E-state index contributed by atoms with van der Waals surface area (Å²) in [6.45, 7) is 6.52. The first kappa shape index (κ1) is 13.1. The van der Waals surface area contributed by atoms with Crippen LogP contribution in [0.4, 0.5) is 0 Å². The van der Waals surface area contributed by atoms with Gasteiger partial charge < -0.3 is 0 Å². The van der Waals surface area contributed by atoms with Crippen molar-refractivity contribution in [1.82, 2.24) is 4.90 Å². The molecule has 1 aliphatic heterocycles. The number of carbonyl (C=O) groups excluding carboxylic acids is 1. The van der Waals surface area contributed by atoms with Gasteiger partial charge in [0.25, 0.3) is 0 Å². The minimum atomic E-state index is -0.217. The average Bonchev–Trinajstić information content (AvgIpc) is 2.72. The van der Waals surface area contributed by atoms with Crippen molar-refractivity contribution in [1.29, 1.82) is 0 Å². The molecule has 0 N–H and O–H groups in total. The second-order valence-corrected chi connectivity index (χ2v) is 6.31. The van der Waals surface area contributed by atoms with E-state index in [1.165, 1.54) is 38.5 Å². The Morgan fingerprint density at radius 3 is 2.00 bits per heavy atom. The van der Waals surface area contributed by atoms with Crippen molar-refractivity contribution >= 4 is 5.78 Å². The highest BCUT2D eigenvalue weighted by Gasteiger charge is 2.39. The van der Waals surface area contributed by atoms with E-state index in [2.05, 4.69) is 18.7 Å². The molecule has 2 rings (SSSR count). The Morgan fingerprint density at radius 2 is 1.47 bits per heavy atom. The van der Waals surface area contributed by atoms with Gasteiger partial charge in [0.1, 0.15) is 0 Å². The summed E-state index contributed by atoms with van der Waals surface area (Å²) in [6.07, 6.45) is 9.97. The van der Waals surface area contributed by atoms with E-state index >= 15 is 0 Å². The monoisotopic (exact) mass is 237 g/mol. The smallest absolute Gasteiger partial charge is 0.155 e. The Hall–Kier alpha value is -0.370. The first-order valence-corrected chi connectivity index (χ1v) is 7.42. The first-order valence-electron chi connectivity index (χ1n) is 7.42. The Kier molecular flexibility index (Phi) is 4.24. The van der Waals surface area contributed by atoms with E-state index in [0.29, 0.717) is 11.7 Å². The molecular formula is C15H27NO. The molecule has 0 aromatic rings. The fourth-order valence-electron chi connectivity index (χ4n) is 3.47. The zero-order chi connectivity index (χ0) is 12.3. The quantitative estimate of drug-likeness (QED) is 0.701. The van der Waals surface area contributed by atoms with Gasteiger partial charge in [-0.25, -0.2) is 0 Å². The molecule has 17 heavy (non-hydrogen) atoms. The predicted molar refractivity (Wildman–Crippen MR) is 71.1 cm³/mol. The van der Waals surface area contributed by atoms with Crippen LogP contribution in [0.1, 0.15) is 65.2 Å². The Labute approximate surface area is 106 Å². The highest BCUT2D eigenvalue weighted by Crippen LogP contribution is 2.31. The molecular weight excluding hydrogens is 210 g/mol. The maximum atomic E-state index is 12.7. The number of hydrogen-bond acceptors (Lipinski definition) is 2. The molecule has 0 radical (unpaired) electrons. The van der Waals surface area contributed by atoms with Crippen LogP contribution in [0.3, 0.4) is 0 Å². The number of nitrogens with zero attached hydrogens (tertiary/aromatic N) is 1.